The van der Waals surface area contributed by atoms with Crippen molar-refractivity contribution in [3.05, 3.63) is 6.92 Å². The highest BCUT2D eigenvalue weighted by Gasteiger charge is 2.31. The summed E-state index contributed by atoms with van der Waals surface area (Å²) in [6.45, 7) is 20.3. The van der Waals surface area contributed by atoms with E-state index in [2.05, 4.69) is 53.1 Å². The van der Waals surface area contributed by atoms with Crippen LogP contribution in [0.25, 0.3) is 0 Å². The summed E-state index contributed by atoms with van der Waals surface area (Å²) in [4.78, 5) is 0. The molecule has 0 aliphatic rings. The Morgan fingerprint density at radius 3 is 1.81 bits per heavy atom. The van der Waals surface area contributed by atoms with Crippen molar-refractivity contribution in [1.29, 1.82) is 0 Å². The summed E-state index contributed by atoms with van der Waals surface area (Å²) < 4.78 is 18.3. The highest BCUT2D eigenvalue weighted by molar-refractivity contribution is 6.78. The fraction of sp³-hybridized carbons (Fsp3) is 0.923. The maximum absolute atomic E-state index is 9.14. The quantitative estimate of drug-likeness (QED) is 0.445. The van der Waals surface area contributed by atoms with Gasteiger partial charge in [0.2, 0.25) is 0 Å². The zero-order valence-electron chi connectivity index (χ0n) is 15.0. The summed E-state index contributed by atoms with van der Waals surface area (Å²) in [7, 11) is -4.17. The fourth-order valence-electron chi connectivity index (χ4n) is 1.51. The van der Waals surface area contributed by atoms with E-state index in [4.69, 9.17) is 18.1 Å². The predicted molar refractivity (Wildman–Crippen MR) is 101 cm³/mol. The standard InChI is InChI=1S/C13H35O4Si4/c1-12(14)11-15-10-9-13(2,18-16-20(3,4)5)19-17-21(6,7)8/h12,14H,1,9-11,18-19H2,2-8H3. The number of rotatable bonds is 11. The lowest BCUT2D eigenvalue weighted by molar-refractivity contribution is 0.0553. The molecule has 0 saturated carbocycles. The molecule has 0 spiro atoms. The zero-order chi connectivity index (χ0) is 16.7. The molecule has 8 heteroatoms. The molecule has 0 aromatic rings. The molecule has 0 heterocycles. The van der Waals surface area contributed by atoms with E-state index in [9.17, 15) is 0 Å². The number of hydrogen-bond donors (Lipinski definition) is 1. The molecule has 0 rings (SSSR count). The Morgan fingerprint density at radius 2 is 1.48 bits per heavy atom. The van der Waals surface area contributed by atoms with Gasteiger partial charge in [-0.25, -0.2) is 0 Å². The minimum Gasteiger partial charge on any atom is -0.460 e. The molecule has 21 heavy (non-hydrogen) atoms. The minimum atomic E-state index is -1.46. The predicted octanol–water partition coefficient (Wildman–Crippen LogP) is 1.59. The van der Waals surface area contributed by atoms with Gasteiger partial charge in [0.25, 0.3) is 0 Å². The van der Waals surface area contributed by atoms with Gasteiger partial charge in [-0.2, -0.15) is 0 Å². The molecule has 0 amide bonds. The molecule has 0 aromatic heterocycles. The van der Waals surface area contributed by atoms with E-state index >= 15 is 0 Å². The van der Waals surface area contributed by atoms with Gasteiger partial charge in [-0.15, -0.1) is 0 Å². The van der Waals surface area contributed by atoms with Gasteiger partial charge < -0.3 is 18.1 Å². The summed E-state index contributed by atoms with van der Waals surface area (Å²) in [6, 6.07) is 0. The smallest absolute Gasteiger partial charge is 0.169 e. The monoisotopic (exact) mass is 367 g/mol. The molecule has 127 valence electrons. The second-order valence-electron chi connectivity index (χ2n) is 8.09. The van der Waals surface area contributed by atoms with Crippen LogP contribution in [0.4, 0.5) is 0 Å². The average Bonchev–Trinajstić information content (AvgIpc) is 2.28. The Bertz CT molecular complexity index is 269. The highest BCUT2D eigenvalue weighted by atomic mass is 28.4. The van der Waals surface area contributed by atoms with E-state index in [0.717, 1.165) is 6.42 Å². The average molecular weight is 368 g/mol. The van der Waals surface area contributed by atoms with Crippen LogP contribution in [0, 0.1) is 6.92 Å². The van der Waals surface area contributed by atoms with Gasteiger partial charge in [0, 0.05) is 6.61 Å². The van der Waals surface area contributed by atoms with Crippen LogP contribution >= 0.6 is 0 Å². The van der Waals surface area contributed by atoms with E-state index < -0.39 is 42.3 Å². The number of ether oxygens (including phenoxy) is 1. The van der Waals surface area contributed by atoms with Crippen LogP contribution in [0.1, 0.15) is 13.3 Å². The van der Waals surface area contributed by atoms with E-state index in [0.29, 0.717) is 13.2 Å². The van der Waals surface area contributed by atoms with Crippen LogP contribution in [-0.4, -0.2) is 60.6 Å². The SMILES string of the molecule is [CH2]C(O)COCCC(C)([SiH2]O[Si](C)(C)C)[SiH2]O[Si](C)(C)C. The topological polar surface area (TPSA) is 47.9 Å². The van der Waals surface area contributed by atoms with Crippen molar-refractivity contribution in [2.45, 2.75) is 63.4 Å². The van der Waals surface area contributed by atoms with Crippen LogP contribution in [0.5, 0.6) is 0 Å². The Balaban J connectivity index is 4.44. The van der Waals surface area contributed by atoms with Gasteiger partial charge in [0.15, 0.2) is 36.2 Å². The summed E-state index contributed by atoms with van der Waals surface area (Å²) in [5.41, 5.74) is 0. The summed E-state index contributed by atoms with van der Waals surface area (Å²) in [6.07, 6.45) is 0.342. The second-order valence-corrected chi connectivity index (χ2v) is 23.8. The van der Waals surface area contributed by atoms with E-state index in [1.165, 1.54) is 0 Å². The van der Waals surface area contributed by atoms with Crippen molar-refractivity contribution in [2.24, 2.45) is 0 Å². The molecule has 1 radical (unpaired) electrons. The molecular formula is C13H35O4Si4. The van der Waals surface area contributed by atoms with Crippen LogP contribution in [0.15, 0.2) is 0 Å². The van der Waals surface area contributed by atoms with Crippen molar-refractivity contribution in [3.8, 4) is 0 Å². The van der Waals surface area contributed by atoms with Gasteiger partial charge in [0.05, 0.1) is 12.7 Å². The van der Waals surface area contributed by atoms with Crippen molar-refractivity contribution >= 4 is 36.2 Å². The van der Waals surface area contributed by atoms with E-state index in [1.54, 1.807) is 0 Å². The normalized spacial score (nSPS) is 18.7. The Hall–Kier alpha value is 0.708. The molecule has 0 aliphatic carbocycles. The molecule has 1 atom stereocenters. The highest BCUT2D eigenvalue weighted by Crippen LogP contribution is 2.30. The maximum Gasteiger partial charge on any atom is 0.169 e. The van der Waals surface area contributed by atoms with Gasteiger partial charge in [0.1, 0.15) is 0 Å². The number of aliphatic hydroxyl groups is 1. The van der Waals surface area contributed by atoms with E-state index in [-0.39, 0.29) is 4.66 Å². The molecule has 0 fully saturated rings. The van der Waals surface area contributed by atoms with Crippen molar-refractivity contribution < 1.29 is 18.1 Å². The lowest BCUT2D eigenvalue weighted by Gasteiger charge is -2.34. The van der Waals surface area contributed by atoms with Crippen molar-refractivity contribution in [3.63, 3.8) is 0 Å². The Labute approximate surface area is 138 Å². The third-order valence-corrected chi connectivity index (χ3v) is 14.3. The van der Waals surface area contributed by atoms with Crippen LogP contribution in [0.2, 0.25) is 43.9 Å². The van der Waals surface area contributed by atoms with Gasteiger partial charge in [-0.1, -0.05) is 6.92 Å². The van der Waals surface area contributed by atoms with Gasteiger partial charge in [-0.3, -0.25) is 0 Å². The maximum atomic E-state index is 9.14. The van der Waals surface area contributed by atoms with Crippen LogP contribution < -0.4 is 0 Å². The fourth-order valence-corrected chi connectivity index (χ4v) is 10.5. The third kappa shape index (κ3) is 14.1. The molecule has 1 N–H and O–H groups in total. The van der Waals surface area contributed by atoms with Crippen LogP contribution in [0.3, 0.4) is 0 Å². The minimum absolute atomic E-state index is 0.229. The molecule has 0 aliphatic heterocycles. The van der Waals surface area contributed by atoms with Crippen LogP contribution in [-0.2, 0) is 13.0 Å². The first-order valence-electron chi connectivity index (χ1n) is 7.70. The zero-order valence-corrected chi connectivity index (χ0v) is 19.8. The van der Waals surface area contributed by atoms with Gasteiger partial charge in [-0.05, 0) is 57.3 Å². The summed E-state index contributed by atoms with van der Waals surface area (Å²) in [5.74, 6) is 0. The third-order valence-electron chi connectivity index (χ3n) is 2.87. The molecule has 1 unspecified atom stereocenters. The number of hydrogen-bond acceptors (Lipinski definition) is 4. The first kappa shape index (κ1) is 21.7. The van der Waals surface area contributed by atoms with E-state index in [1.807, 2.05) is 0 Å². The largest absolute Gasteiger partial charge is 0.460 e. The summed E-state index contributed by atoms with van der Waals surface area (Å²) >= 11 is 0. The molecule has 4 nitrogen and oxygen atoms in total. The number of aliphatic hydroxyl groups excluding tert-OH is 1. The summed E-state index contributed by atoms with van der Waals surface area (Å²) in [5, 5.41) is 9.14. The molecular weight excluding hydrogens is 332 g/mol. The van der Waals surface area contributed by atoms with Gasteiger partial charge >= 0.3 is 0 Å². The lowest BCUT2D eigenvalue weighted by Crippen LogP contribution is -2.40. The first-order valence-corrected chi connectivity index (χ1v) is 17.1. The van der Waals surface area contributed by atoms with Crippen molar-refractivity contribution in [1.82, 2.24) is 0 Å². The molecule has 0 aromatic carbocycles. The lowest BCUT2D eigenvalue weighted by atomic mass is 10.3. The van der Waals surface area contributed by atoms with Crippen molar-refractivity contribution in [2.75, 3.05) is 13.2 Å². The first-order chi connectivity index (χ1) is 9.33. The molecule has 0 bridgehead atoms. The second kappa shape index (κ2) is 9.11. The molecule has 0 saturated heterocycles. The Morgan fingerprint density at radius 1 is 1.05 bits per heavy atom. The Kier molecular flexibility index (Phi) is 9.42.